The summed E-state index contributed by atoms with van der Waals surface area (Å²) in [6.07, 6.45) is -2.19. The standard InChI is InChI=1S/C13H18F3N3O2/c1-2-9(3-6-12(20)21)7-8-17-11-5-4-10(18-19-11)13(14,15)16/h4-5,9H,2-3,6-8H2,1H3,(H,17,19)(H,20,21). The zero-order valence-corrected chi connectivity index (χ0v) is 11.7. The van der Waals surface area contributed by atoms with Crippen LogP contribution in [0.4, 0.5) is 19.0 Å². The zero-order chi connectivity index (χ0) is 15.9. The molecule has 1 atom stereocenters. The van der Waals surface area contributed by atoms with Gasteiger partial charge in [-0.2, -0.15) is 13.2 Å². The summed E-state index contributed by atoms with van der Waals surface area (Å²) in [6, 6.07) is 2.10. The summed E-state index contributed by atoms with van der Waals surface area (Å²) in [5, 5.41) is 18.1. The molecule has 0 amide bonds. The van der Waals surface area contributed by atoms with Gasteiger partial charge in [-0.15, -0.1) is 10.2 Å². The molecule has 1 aromatic heterocycles. The van der Waals surface area contributed by atoms with Crippen LogP contribution >= 0.6 is 0 Å². The van der Waals surface area contributed by atoms with E-state index in [1.54, 1.807) is 0 Å². The molecule has 0 radical (unpaired) electrons. The Kier molecular flexibility index (Phi) is 6.39. The van der Waals surface area contributed by atoms with Crippen molar-refractivity contribution in [2.45, 2.75) is 38.8 Å². The van der Waals surface area contributed by atoms with Crippen molar-refractivity contribution in [3.63, 3.8) is 0 Å². The number of aliphatic carboxylic acids is 1. The van der Waals surface area contributed by atoms with Crippen LogP contribution in [-0.2, 0) is 11.0 Å². The van der Waals surface area contributed by atoms with E-state index in [2.05, 4.69) is 15.5 Å². The van der Waals surface area contributed by atoms with Crippen LogP contribution in [0.25, 0.3) is 0 Å². The van der Waals surface area contributed by atoms with E-state index in [1.165, 1.54) is 6.07 Å². The van der Waals surface area contributed by atoms with E-state index >= 15 is 0 Å². The summed E-state index contributed by atoms with van der Waals surface area (Å²) in [5.41, 5.74) is -1.03. The van der Waals surface area contributed by atoms with Gasteiger partial charge in [0, 0.05) is 13.0 Å². The zero-order valence-electron chi connectivity index (χ0n) is 11.7. The molecule has 118 valence electrons. The second-order valence-electron chi connectivity index (χ2n) is 4.72. The Bertz CT molecular complexity index is 449. The maximum Gasteiger partial charge on any atom is 0.435 e. The number of hydrogen-bond donors (Lipinski definition) is 2. The van der Waals surface area contributed by atoms with Gasteiger partial charge >= 0.3 is 12.1 Å². The monoisotopic (exact) mass is 305 g/mol. The summed E-state index contributed by atoms with van der Waals surface area (Å²) in [6.45, 7) is 2.49. The van der Waals surface area contributed by atoms with Crippen molar-refractivity contribution in [2.75, 3.05) is 11.9 Å². The quantitative estimate of drug-likeness (QED) is 0.771. The molecule has 0 aliphatic carbocycles. The molecule has 2 N–H and O–H groups in total. The van der Waals surface area contributed by atoms with Crippen LogP contribution in [0.5, 0.6) is 0 Å². The molecule has 0 saturated heterocycles. The number of carboxylic acid groups (broad SMARTS) is 1. The van der Waals surface area contributed by atoms with Gasteiger partial charge in [-0.1, -0.05) is 13.3 Å². The summed E-state index contributed by atoms with van der Waals surface area (Å²) in [4.78, 5) is 10.5. The summed E-state index contributed by atoms with van der Waals surface area (Å²) < 4.78 is 36.9. The summed E-state index contributed by atoms with van der Waals surface area (Å²) in [7, 11) is 0. The van der Waals surface area contributed by atoms with Crippen molar-refractivity contribution < 1.29 is 23.1 Å². The highest BCUT2D eigenvalue weighted by atomic mass is 19.4. The predicted molar refractivity (Wildman–Crippen MR) is 70.8 cm³/mol. The number of rotatable bonds is 8. The number of anilines is 1. The molecule has 1 heterocycles. The molecule has 0 fully saturated rings. The lowest BCUT2D eigenvalue weighted by molar-refractivity contribution is -0.141. The maximum atomic E-state index is 12.3. The summed E-state index contributed by atoms with van der Waals surface area (Å²) in [5.74, 6) is -0.290. The van der Waals surface area contributed by atoms with Crippen molar-refractivity contribution in [1.29, 1.82) is 0 Å². The van der Waals surface area contributed by atoms with E-state index in [1.807, 2.05) is 6.92 Å². The number of aromatic nitrogens is 2. The van der Waals surface area contributed by atoms with Gasteiger partial charge in [0.2, 0.25) is 0 Å². The smallest absolute Gasteiger partial charge is 0.435 e. The van der Waals surface area contributed by atoms with Crippen molar-refractivity contribution in [3.05, 3.63) is 17.8 Å². The molecule has 0 aromatic carbocycles. The number of carboxylic acids is 1. The highest BCUT2D eigenvalue weighted by Gasteiger charge is 2.32. The molecule has 1 unspecified atom stereocenters. The van der Waals surface area contributed by atoms with Gasteiger partial charge in [0.15, 0.2) is 5.69 Å². The third-order valence-corrected chi connectivity index (χ3v) is 3.16. The van der Waals surface area contributed by atoms with E-state index in [4.69, 9.17) is 5.11 Å². The molecule has 5 nitrogen and oxygen atoms in total. The lowest BCUT2D eigenvalue weighted by Gasteiger charge is -2.14. The van der Waals surface area contributed by atoms with E-state index in [9.17, 15) is 18.0 Å². The van der Waals surface area contributed by atoms with Gasteiger partial charge in [-0.3, -0.25) is 4.79 Å². The van der Waals surface area contributed by atoms with Crippen LogP contribution in [0, 0.1) is 5.92 Å². The van der Waals surface area contributed by atoms with Crippen LogP contribution in [0.2, 0.25) is 0 Å². The Hall–Kier alpha value is -1.86. The third-order valence-electron chi connectivity index (χ3n) is 3.16. The van der Waals surface area contributed by atoms with Gasteiger partial charge in [-0.25, -0.2) is 0 Å². The van der Waals surface area contributed by atoms with Gasteiger partial charge in [0.25, 0.3) is 0 Å². The molecule has 1 rings (SSSR count). The molecule has 0 aliphatic heterocycles. The second kappa shape index (κ2) is 7.80. The first-order valence-corrected chi connectivity index (χ1v) is 6.69. The van der Waals surface area contributed by atoms with Crippen molar-refractivity contribution in [1.82, 2.24) is 10.2 Å². The molecular formula is C13H18F3N3O2. The maximum absolute atomic E-state index is 12.3. The number of halogens is 3. The molecule has 0 spiro atoms. The van der Waals surface area contributed by atoms with E-state index in [0.29, 0.717) is 13.0 Å². The molecule has 1 aromatic rings. The van der Waals surface area contributed by atoms with Crippen LogP contribution in [0.3, 0.4) is 0 Å². The van der Waals surface area contributed by atoms with Crippen LogP contribution in [-0.4, -0.2) is 27.8 Å². The number of nitrogens with one attached hydrogen (secondary N) is 1. The third kappa shape index (κ3) is 6.42. The molecule has 21 heavy (non-hydrogen) atoms. The average molecular weight is 305 g/mol. The van der Waals surface area contributed by atoms with E-state index in [0.717, 1.165) is 18.9 Å². The SMILES string of the molecule is CCC(CCNc1ccc(C(F)(F)F)nn1)CCC(=O)O. The Morgan fingerprint density at radius 1 is 1.33 bits per heavy atom. The van der Waals surface area contributed by atoms with E-state index < -0.39 is 17.8 Å². The minimum atomic E-state index is -4.49. The molecule has 0 aliphatic rings. The van der Waals surface area contributed by atoms with Crippen molar-refractivity contribution in [2.24, 2.45) is 5.92 Å². The Morgan fingerprint density at radius 3 is 2.52 bits per heavy atom. The van der Waals surface area contributed by atoms with Crippen LogP contribution < -0.4 is 5.32 Å². The molecule has 0 saturated carbocycles. The lowest BCUT2D eigenvalue weighted by atomic mass is 9.97. The number of alkyl halides is 3. The normalized spacial score (nSPS) is 13.0. The fourth-order valence-electron chi connectivity index (χ4n) is 1.86. The largest absolute Gasteiger partial charge is 0.481 e. The number of hydrogen-bond acceptors (Lipinski definition) is 4. The summed E-state index contributed by atoms with van der Waals surface area (Å²) >= 11 is 0. The topological polar surface area (TPSA) is 75.1 Å². The van der Waals surface area contributed by atoms with Gasteiger partial charge in [0.1, 0.15) is 5.82 Å². The molecule has 8 heteroatoms. The Balaban J connectivity index is 2.39. The highest BCUT2D eigenvalue weighted by Crippen LogP contribution is 2.27. The van der Waals surface area contributed by atoms with Gasteiger partial charge in [0.05, 0.1) is 0 Å². The fraction of sp³-hybridized carbons (Fsp3) is 0.615. The molecule has 0 bridgehead atoms. The number of carbonyl (C=O) groups is 1. The lowest BCUT2D eigenvalue weighted by Crippen LogP contribution is -2.13. The average Bonchev–Trinajstić information content (AvgIpc) is 2.42. The minimum Gasteiger partial charge on any atom is -0.481 e. The minimum absolute atomic E-state index is 0.124. The highest BCUT2D eigenvalue weighted by molar-refractivity contribution is 5.66. The Labute approximate surface area is 120 Å². The Morgan fingerprint density at radius 2 is 2.05 bits per heavy atom. The van der Waals surface area contributed by atoms with Crippen molar-refractivity contribution in [3.8, 4) is 0 Å². The number of nitrogens with zero attached hydrogens (tertiary/aromatic N) is 2. The first kappa shape index (κ1) is 17.2. The van der Waals surface area contributed by atoms with Crippen LogP contribution in [0.15, 0.2) is 12.1 Å². The van der Waals surface area contributed by atoms with Gasteiger partial charge < -0.3 is 10.4 Å². The molecular weight excluding hydrogens is 287 g/mol. The fourth-order valence-corrected chi connectivity index (χ4v) is 1.86. The predicted octanol–water partition coefficient (Wildman–Crippen LogP) is 3.19. The van der Waals surface area contributed by atoms with Crippen molar-refractivity contribution >= 4 is 11.8 Å². The first-order chi connectivity index (χ1) is 9.82. The van der Waals surface area contributed by atoms with Crippen LogP contribution in [0.1, 0.15) is 38.3 Å². The van der Waals surface area contributed by atoms with E-state index in [-0.39, 0.29) is 18.2 Å². The first-order valence-electron chi connectivity index (χ1n) is 6.69. The second-order valence-corrected chi connectivity index (χ2v) is 4.72. The van der Waals surface area contributed by atoms with Gasteiger partial charge in [-0.05, 0) is 30.9 Å².